The number of nitrogens with zero attached hydrogens (tertiary/aromatic N) is 1. The topological polar surface area (TPSA) is 41.5 Å². The normalized spacial score (nSPS) is 25.0. The number of amides is 1. The molecule has 3 nitrogen and oxygen atoms in total. The van der Waals surface area contributed by atoms with E-state index in [2.05, 4.69) is 10.5 Å². The molecule has 1 heterocycles. The van der Waals surface area contributed by atoms with Gasteiger partial charge in [0.05, 0.1) is 0 Å². The van der Waals surface area contributed by atoms with E-state index in [-0.39, 0.29) is 24.0 Å². The van der Waals surface area contributed by atoms with E-state index in [0.717, 1.165) is 5.71 Å². The zero-order valence-electron chi connectivity index (χ0n) is 12.2. The van der Waals surface area contributed by atoms with Crippen LogP contribution in [0.25, 0.3) is 5.57 Å². The van der Waals surface area contributed by atoms with Crippen LogP contribution in [-0.4, -0.2) is 11.6 Å². The summed E-state index contributed by atoms with van der Waals surface area (Å²) < 4.78 is 27.9. The molecule has 0 spiro atoms. The number of nitrogens with one attached hydrogen (secondary N) is 1. The van der Waals surface area contributed by atoms with Gasteiger partial charge >= 0.3 is 0 Å². The first kappa shape index (κ1) is 14.6. The highest BCUT2D eigenvalue weighted by Crippen LogP contribution is 2.40. The minimum Gasteiger partial charge on any atom is -0.273 e. The molecule has 1 atom stereocenters. The standard InChI is InChI=1S/C17H16F2N2O/c1-17(15-5-6-16(22)21-20-15)8-7-13(14(19)10-17)11-3-2-4-12(18)9-11/h2-4,7-9H,5-6,10H2,1H3,(H,21,22). The molecule has 2 aliphatic rings. The van der Waals surface area contributed by atoms with Gasteiger partial charge in [-0.15, -0.1) is 0 Å². The Balaban J connectivity index is 1.89. The molecule has 0 aromatic heterocycles. The monoisotopic (exact) mass is 302 g/mol. The van der Waals surface area contributed by atoms with Gasteiger partial charge in [-0.2, -0.15) is 5.10 Å². The van der Waals surface area contributed by atoms with Crippen molar-refractivity contribution in [1.29, 1.82) is 0 Å². The Morgan fingerprint density at radius 1 is 1.27 bits per heavy atom. The molecule has 1 aliphatic carbocycles. The van der Waals surface area contributed by atoms with Crippen LogP contribution in [0.2, 0.25) is 0 Å². The lowest BCUT2D eigenvalue weighted by Gasteiger charge is -2.32. The summed E-state index contributed by atoms with van der Waals surface area (Å²) in [5.41, 5.74) is 3.57. The van der Waals surface area contributed by atoms with E-state index in [4.69, 9.17) is 0 Å². The van der Waals surface area contributed by atoms with Gasteiger partial charge in [-0.05, 0) is 24.1 Å². The van der Waals surface area contributed by atoms with Crippen LogP contribution in [0.1, 0.15) is 31.7 Å². The van der Waals surface area contributed by atoms with E-state index in [1.54, 1.807) is 18.2 Å². The summed E-state index contributed by atoms with van der Waals surface area (Å²) in [6.07, 6.45) is 4.60. The van der Waals surface area contributed by atoms with E-state index >= 15 is 0 Å². The van der Waals surface area contributed by atoms with Gasteiger partial charge in [-0.3, -0.25) is 4.79 Å². The van der Waals surface area contributed by atoms with E-state index in [0.29, 0.717) is 24.0 Å². The van der Waals surface area contributed by atoms with E-state index in [1.165, 1.54) is 12.1 Å². The van der Waals surface area contributed by atoms with Gasteiger partial charge < -0.3 is 0 Å². The van der Waals surface area contributed by atoms with Crippen LogP contribution >= 0.6 is 0 Å². The smallest absolute Gasteiger partial charge is 0.240 e. The predicted molar refractivity (Wildman–Crippen MR) is 81.1 cm³/mol. The number of carbonyl (C=O) groups is 1. The highest BCUT2D eigenvalue weighted by molar-refractivity contribution is 5.98. The molecule has 22 heavy (non-hydrogen) atoms. The lowest BCUT2D eigenvalue weighted by Crippen LogP contribution is -2.35. The van der Waals surface area contributed by atoms with Gasteiger partial charge in [0.15, 0.2) is 0 Å². The van der Waals surface area contributed by atoms with Gasteiger partial charge in [0.25, 0.3) is 0 Å². The van der Waals surface area contributed by atoms with Gasteiger partial charge in [-0.25, -0.2) is 14.2 Å². The van der Waals surface area contributed by atoms with Crippen molar-refractivity contribution in [3.8, 4) is 0 Å². The molecule has 3 rings (SSSR count). The third-order valence-electron chi connectivity index (χ3n) is 4.13. The summed E-state index contributed by atoms with van der Waals surface area (Å²) in [6, 6.07) is 5.90. The number of benzene rings is 1. The van der Waals surface area contributed by atoms with Crippen molar-refractivity contribution in [3.05, 3.63) is 53.6 Å². The molecule has 114 valence electrons. The summed E-state index contributed by atoms with van der Waals surface area (Å²) in [7, 11) is 0. The van der Waals surface area contributed by atoms with Gasteiger partial charge in [0, 0.05) is 29.5 Å². The molecule has 5 heteroatoms. The highest BCUT2D eigenvalue weighted by Gasteiger charge is 2.34. The van der Waals surface area contributed by atoms with Crippen molar-refractivity contribution in [2.75, 3.05) is 0 Å². The summed E-state index contributed by atoms with van der Waals surface area (Å²) in [4.78, 5) is 11.2. The number of hydrazone groups is 1. The summed E-state index contributed by atoms with van der Waals surface area (Å²) in [5, 5.41) is 4.07. The number of allylic oxidation sites excluding steroid dienone is 4. The van der Waals surface area contributed by atoms with Crippen LogP contribution in [-0.2, 0) is 4.79 Å². The zero-order valence-corrected chi connectivity index (χ0v) is 12.2. The van der Waals surface area contributed by atoms with E-state index < -0.39 is 5.41 Å². The molecular weight excluding hydrogens is 286 g/mol. The van der Waals surface area contributed by atoms with Gasteiger partial charge in [0.1, 0.15) is 11.6 Å². The molecule has 1 amide bonds. The Labute approximate surface area is 127 Å². The lowest BCUT2D eigenvalue weighted by atomic mass is 9.75. The molecule has 1 unspecified atom stereocenters. The first-order valence-corrected chi connectivity index (χ1v) is 7.18. The Hall–Kier alpha value is -2.30. The third-order valence-corrected chi connectivity index (χ3v) is 4.13. The second-order valence-electron chi connectivity index (χ2n) is 5.85. The minimum atomic E-state index is -0.561. The fraction of sp³-hybridized carbons (Fsp3) is 0.294. The molecule has 0 saturated carbocycles. The van der Waals surface area contributed by atoms with Crippen LogP contribution in [0.15, 0.2) is 47.3 Å². The summed E-state index contributed by atoms with van der Waals surface area (Å²) in [5.74, 6) is -0.808. The Bertz CT molecular complexity index is 721. The molecule has 0 fully saturated rings. The summed E-state index contributed by atoms with van der Waals surface area (Å²) in [6.45, 7) is 1.89. The molecule has 0 saturated heterocycles. The largest absolute Gasteiger partial charge is 0.273 e. The van der Waals surface area contributed by atoms with E-state index in [9.17, 15) is 13.6 Å². The zero-order chi connectivity index (χ0) is 15.7. The highest BCUT2D eigenvalue weighted by atomic mass is 19.1. The number of rotatable bonds is 2. The number of halogens is 2. The third kappa shape index (κ3) is 2.71. The minimum absolute atomic E-state index is 0.122. The lowest BCUT2D eigenvalue weighted by molar-refractivity contribution is -0.121. The first-order chi connectivity index (χ1) is 10.5. The molecule has 1 aromatic carbocycles. The molecule has 1 N–H and O–H groups in total. The van der Waals surface area contributed by atoms with Crippen LogP contribution in [0.4, 0.5) is 8.78 Å². The van der Waals surface area contributed by atoms with Gasteiger partial charge in [-0.1, -0.05) is 31.2 Å². The van der Waals surface area contributed by atoms with Crippen molar-refractivity contribution in [3.63, 3.8) is 0 Å². The molecule has 0 bridgehead atoms. The fourth-order valence-electron chi connectivity index (χ4n) is 2.83. The van der Waals surface area contributed by atoms with Crippen molar-refractivity contribution >= 4 is 17.2 Å². The van der Waals surface area contributed by atoms with Crippen molar-refractivity contribution in [2.45, 2.75) is 26.2 Å². The molecule has 1 aliphatic heterocycles. The second-order valence-corrected chi connectivity index (χ2v) is 5.85. The van der Waals surface area contributed by atoms with Crippen molar-refractivity contribution in [2.24, 2.45) is 10.5 Å². The van der Waals surface area contributed by atoms with Crippen molar-refractivity contribution < 1.29 is 13.6 Å². The quantitative estimate of drug-likeness (QED) is 0.888. The van der Waals surface area contributed by atoms with Crippen LogP contribution in [0, 0.1) is 11.2 Å². The fourth-order valence-corrected chi connectivity index (χ4v) is 2.83. The van der Waals surface area contributed by atoms with Crippen LogP contribution < -0.4 is 5.43 Å². The summed E-state index contributed by atoms with van der Waals surface area (Å²) >= 11 is 0. The average molecular weight is 302 g/mol. The molecule has 0 radical (unpaired) electrons. The SMILES string of the molecule is CC1(C2=NNC(=O)CC2)C=CC(c2cccc(F)c2)=C(F)C1. The predicted octanol–water partition coefficient (Wildman–Crippen LogP) is 3.74. The maximum Gasteiger partial charge on any atom is 0.240 e. The average Bonchev–Trinajstić information content (AvgIpc) is 2.47. The Kier molecular flexibility index (Phi) is 3.64. The maximum absolute atomic E-state index is 14.6. The number of hydrogen-bond donors (Lipinski definition) is 1. The Morgan fingerprint density at radius 2 is 2.09 bits per heavy atom. The van der Waals surface area contributed by atoms with Crippen LogP contribution in [0.5, 0.6) is 0 Å². The molecular formula is C17H16F2N2O. The van der Waals surface area contributed by atoms with Gasteiger partial charge in [0.2, 0.25) is 5.91 Å². The first-order valence-electron chi connectivity index (χ1n) is 7.18. The van der Waals surface area contributed by atoms with Crippen molar-refractivity contribution in [1.82, 2.24) is 5.43 Å². The number of carbonyl (C=O) groups excluding carboxylic acids is 1. The Morgan fingerprint density at radius 3 is 2.73 bits per heavy atom. The number of hydrogen-bond acceptors (Lipinski definition) is 2. The van der Waals surface area contributed by atoms with Crippen LogP contribution in [0.3, 0.4) is 0 Å². The maximum atomic E-state index is 14.6. The molecule has 1 aromatic rings. The second kappa shape index (κ2) is 5.48. The van der Waals surface area contributed by atoms with E-state index in [1.807, 2.05) is 13.0 Å².